The van der Waals surface area contributed by atoms with E-state index in [0.29, 0.717) is 10.7 Å². The van der Waals surface area contributed by atoms with Crippen molar-refractivity contribution in [3.05, 3.63) is 81.1 Å². The fraction of sp³-hybridized carbons (Fsp3) is 0.100. The molecule has 0 saturated carbocycles. The second kappa shape index (κ2) is 7.85. The van der Waals surface area contributed by atoms with E-state index in [1.807, 2.05) is 37.3 Å². The summed E-state index contributed by atoms with van der Waals surface area (Å²) in [6, 6.07) is 17.2. The molecule has 0 aliphatic rings. The van der Waals surface area contributed by atoms with Crippen LogP contribution >= 0.6 is 11.6 Å². The van der Waals surface area contributed by atoms with Gasteiger partial charge in [-0.3, -0.25) is 9.59 Å². The Bertz CT molecular complexity index is 1100. The smallest absolute Gasteiger partial charge is 0.267 e. The predicted octanol–water partition coefficient (Wildman–Crippen LogP) is 3.38. The van der Waals surface area contributed by atoms with Gasteiger partial charge in [0.05, 0.1) is 16.9 Å². The van der Waals surface area contributed by atoms with Gasteiger partial charge in [-0.25, -0.2) is 4.68 Å². The van der Waals surface area contributed by atoms with E-state index in [1.165, 1.54) is 18.2 Å². The van der Waals surface area contributed by atoms with Crippen LogP contribution in [0.2, 0.25) is 5.02 Å². The van der Waals surface area contributed by atoms with Crippen molar-refractivity contribution in [3.8, 4) is 17.3 Å². The molecular formula is C20H15ClN4O2. The zero-order valence-electron chi connectivity index (χ0n) is 14.4. The third-order valence-electron chi connectivity index (χ3n) is 3.88. The van der Waals surface area contributed by atoms with Crippen molar-refractivity contribution in [2.24, 2.45) is 0 Å². The van der Waals surface area contributed by atoms with Crippen LogP contribution in [-0.4, -0.2) is 15.7 Å². The average Bonchev–Trinajstić information content (AvgIpc) is 2.64. The number of aryl methyl sites for hydroxylation is 1. The first-order chi connectivity index (χ1) is 13.0. The summed E-state index contributed by atoms with van der Waals surface area (Å²) in [6.07, 6.45) is 0. The highest BCUT2D eigenvalue weighted by Gasteiger charge is 2.11. The zero-order chi connectivity index (χ0) is 19.4. The van der Waals surface area contributed by atoms with E-state index < -0.39 is 11.5 Å². The Labute approximate surface area is 160 Å². The monoisotopic (exact) mass is 378 g/mol. The van der Waals surface area contributed by atoms with Crippen LogP contribution in [0.15, 0.2) is 59.4 Å². The molecule has 1 N–H and O–H groups in total. The largest absolute Gasteiger partial charge is 0.323 e. The summed E-state index contributed by atoms with van der Waals surface area (Å²) in [6.45, 7) is 1.70. The Morgan fingerprint density at radius 2 is 1.93 bits per heavy atom. The van der Waals surface area contributed by atoms with Crippen LogP contribution in [0.1, 0.15) is 11.1 Å². The number of nitriles is 1. The lowest BCUT2D eigenvalue weighted by atomic mass is 10.1. The number of rotatable bonds is 4. The van der Waals surface area contributed by atoms with E-state index in [2.05, 4.69) is 10.4 Å². The highest BCUT2D eigenvalue weighted by molar-refractivity contribution is 6.31. The van der Waals surface area contributed by atoms with Crippen LogP contribution in [0.25, 0.3) is 11.3 Å². The van der Waals surface area contributed by atoms with Crippen LogP contribution in [0.4, 0.5) is 5.69 Å². The van der Waals surface area contributed by atoms with Gasteiger partial charge in [0.1, 0.15) is 12.6 Å². The van der Waals surface area contributed by atoms with Crippen molar-refractivity contribution in [2.75, 3.05) is 5.32 Å². The van der Waals surface area contributed by atoms with Crippen molar-refractivity contribution >= 4 is 23.2 Å². The van der Waals surface area contributed by atoms with E-state index in [4.69, 9.17) is 16.9 Å². The summed E-state index contributed by atoms with van der Waals surface area (Å²) >= 11 is 5.91. The van der Waals surface area contributed by atoms with Crippen molar-refractivity contribution < 1.29 is 4.79 Å². The summed E-state index contributed by atoms with van der Waals surface area (Å²) in [5.41, 5.74) is 2.72. The summed E-state index contributed by atoms with van der Waals surface area (Å²) in [5.74, 6) is -0.482. The number of anilines is 1. The summed E-state index contributed by atoms with van der Waals surface area (Å²) in [5, 5.41) is 16.4. The fourth-order valence-electron chi connectivity index (χ4n) is 2.48. The van der Waals surface area contributed by atoms with Gasteiger partial charge in [0, 0.05) is 16.7 Å². The first-order valence-electron chi connectivity index (χ1n) is 8.11. The Kier molecular flexibility index (Phi) is 5.34. The molecule has 0 unspecified atom stereocenters. The number of nitrogens with one attached hydrogen (secondary N) is 1. The van der Waals surface area contributed by atoms with Gasteiger partial charge in [-0.1, -0.05) is 41.4 Å². The number of hydrogen-bond acceptors (Lipinski definition) is 4. The topological polar surface area (TPSA) is 87.8 Å². The molecule has 1 heterocycles. The van der Waals surface area contributed by atoms with Crippen molar-refractivity contribution in [1.29, 1.82) is 5.26 Å². The van der Waals surface area contributed by atoms with Crippen LogP contribution in [-0.2, 0) is 11.3 Å². The lowest BCUT2D eigenvalue weighted by Gasteiger charge is -2.10. The number of aromatic nitrogens is 2. The Balaban J connectivity index is 1.83. The highest BCUT2D eigenvalue weighted by Crippen LogP contribution is 2.20. The second-order valence-corrected chi connectivity index (χ2v) is 6.37. The van der Waals surface area contributed by atoms with Crippen LogP contribution < -0.4 is 10.9 Å². The van der Waals surface area contributed by atoms with Crippen LogP contribution in [0, 0.1) is 18.3 Å². The maximum atomic E-state index is 12.3. The lowest BCUT2D eigenvalue weighted by Crippen LogP contribution is -2.29. The number of nitrogens with zero attached hydrogens (tertiary/aromatic N) is 3. The molecular weight excluding hydrogens is 364 g/mol. The summed E-state index contributed by atoms with van der Waals surface area (Å²) in [4.78, 5) is 24.4. The second-order valence-electron chi connectivity index (χ2n) is 5.93. The van der Waals surface area contributed by atoms with E-state index in [-0.39, 0.29) is 17.8 Å². The zero-order valence-corrected chi connectivity index (χ0v) is 15.2. The molecule has 0 aliphatic heterocycles. The molecule has 134 valence electrons. The Hall–Kier alpha value is -3.43. The quantitative estimate of drug-likeness (QED) is 0.753. The minimum atomic E-state index is -0.482. The third kappa shape index (κ3) is 4.40. The first-order valence-corrected chi connectivity index (χ1v) is 8.49. The molecule has 7 heteroatoms. The van der Waals surface area contributed by atoms with E-state index in [0.717, 1.165) is 15.8 Å². The molecule has 0 fully saturated rings. The number of carbonyl (C=O) groups is 1. The Morgan fingerprint density at radius 1 is 1.19 bits per heavy atom. The number of hydrogen-bond donors (Lipinski definition) is 1. The number of benzene rings is 2. The SMILES string of the molecule is Cc1ccc(-c2ccc(=O)n(CC(=O)Nc3cc(Cl)ccc3C#N)n2)cc1. The molecule has 0 spiro atoms. The van der Waals surface area contributed by atoms with Crippen molar-refractivity contribution in [2.45, 2.75) is 13.5 Å². The van der Waals surface area contributed by atoms with Gasteiger partial charge >= 0.3 is 0 Å². The standard InChI is InChI=1S/C20H15ClN4O2/c1-13-2-4-14(5-3-13)17-8-9-20(27)25(24-17)12-19(26)23-18-10-16(21)7-6-15(18)11-22/h2-10H,12H2,1H3,(H,23,26). The third-order valence-corrected chi connectivity index (χ3v) is 4.12. The van der Waals surface area contributed by atoms with Gasteiger partial charge in [0.2, 0.25) is 5.91 Å². The molecule has 3 rings (SSSR count). The Morgan fingerprint density at radius 3 is 2.63 bits per heavy atom. The minimum Gasteiger partial charge on any atom is -0.323 e. The predicted molar refractivity (Wildman–Crippen MR) is 103 cm³/mol. The van der Waals surface area contributed by atoms with Gasteiger partial charge in [-0.2, -0.15) is 10.4 Å². The summed E-state index contributed by atoms with van der Waals surface area (Å²) in [7, 11) is 0. The molecule has 0 atom stereocenters. The van der Waals surface area contributed by atoms with Crippen molar-refractivity contribution in [3.63, 3.8) is 0 Å². The average molecular weight is 379 g/mol. The van der Waals surface area contributed by atoms with Crippen molar-refractivity contribution in [1.82, 2.24) is 9.78 Å². The fourth-order valence-corrected chi connectivity index (χ4v) is 2.66. The van der Waals surface area contributed by atoms with Gasteiger partial charge in [-0.15, -0.1) is 0 Å². The molecule has 1 amide bonds. The molecule has 0 radical (unpaired) electrons. The maximum absolute atomic E-state index is 12.3. The summed E-state index contributed by atoms with van der Waals surface area (Å²) < 4.78 is 1.08. The van der Waals surface area contributed by atoms with E-state index in [1.54, 1.807) is 12.1 Å². The van der Waals surface area contributed by atoms with Gasteiger partial charge < -0.3 is 5.32 Å². The maximum Gasteiger partial charge on any atom is 0.267 e. The first kappa shape index (κ1) is 18.4. The van der Waals surface area contributed by atoms with E-state index in [9.17, 15) is 9.59 Å². The van der Waals surface area contributed by atoms with Crippen LogP contribution in [0.3, 0.4) is 0 Å². The molecule has 2 aromatic carbocycles. The number of carbonyl (C=O) groups excluding carboxylic acids is 1. The molecule has 3 aromatic rings. The molecule has 0 bridgehead atoms. The van der Waals surface area contributed by atoms with E-state index >= 15 is 0 Å². The minimum absolute atomic E-state index is 0.279. The number of halogens is 1. The molecule has 6 nitrogen and oxygen atoms in total. The number of amides is 1. The van der Waals surface area contributed by atoms with Gasteiger partial charge in [-0.05, 0) is 31.2 Å². The molecule has 0 saturated heterocycles. The molecule has 27 heavy (non-hydrogen) atoms. The molecule has 1 aromatic heterocycles. The van der Waals surface area contributed by atoms with Crippen LogP contribution in [0.5, 0.6) is 0 Å². The normalized spacial score (nSPS) is 10.3. The van der Waals surface area contributed by atoms with Gasteiger partial charge in [0.15, 0.2) is 0 Å². The molecule has 0 aliphatic carbocycles. The van der Waals surface area contributed by atoms with Gasteiger partial charge in [0.25, 0.3) is 5.56 Å². The highest BCUT2D eigenvalue weighted by atomic mass is 35.5. The lowest BCUT2D eigenvalue weighted by molar-refractivity contribution is -0.117.